The summed E-state index contributed by atoms with van der Waals surface area (Å²) in [5, 5.41) is 5.96. The Morgan fingerprint density at radius 2 is 2.18 bits per heavy atom. The Labute approximate surface area is 109 Å². The maximum Gasteiger partial charge on any atom is 0.0444 e. The van der Waals surface area contributed by atoms with Gasteiger partial charge >= 0.3 is 0 Å². The van der Waals surface area contributed by atoms with Gasteiger partial charge in [-0.05, 0) is 58.1 Å². The molecule has 2 rings (SSSR count). The van der Waals surface area contributed by atoms with Gasteiger partial charge in [0.25, 0.3) is 0 Å². The van der Waals surface area contributed by atoms with Gasteiger partial charge in [0.1, 0.15) is 0 Å². The molecule has 1 N–H and O–H groups in total. The van der Waals surface area contributed by atoms with Gasteiger partial charge in [-0.3, -0.25) is 0 Å². The standard InChI is InChI=1S/C14H24N2S/c1-14(2,16(3)4)10-15-13(11-7-8-11)12-6-5-9-17-12/h5-6,9,11,13,15H,7-8,10H2,1-4H3. The van der Waals surface area contributed by atoms with Gasteiger partial charge in [-0.2, -0.15) is 0 Å². The van der Waals surface area contributed by atoms with E-state index in [1.54, 1.807) is 0 Å². The minimum atomic E-state index is 0.213. The van der Waals surface area contributed by atoms with Crippen LogP contribution in [-0.4, -0.2) is 31.1 Å². The molecular weight excluding hydrogens is 228 g/mol. The molecule has 0 bridgehead atoms. The van der Waals surface area contributed by atoms with Crippen molar-refractivity contribution >= 4 is 11.3 Å². The molecule has 1 unspecified atom stereocenters. The predicted molar refractivity (Wildman–Crippen MR) is 75.6 cm³/mol. The molecule has 1 saturated carbocycles. The Balaban J connectivity index is 1.95. The van der Waals surface area contributed by atoms with Crippen LogP contribution >= 0.6 is 11.3 Å². The minimum absolute atomic E-state index is 0.213. The van der Waals surface area contributed by atoms with Gasteiger partial charge in [-0.25, -0.2) is 0 Å². The first-order valence-corrected chi connectivity index (χ1v) is 7.33. The number of nitrogens with zero attached hydrogens (tertiary/aromatic N) is 1. The topological polar surface area (TPSA) is 15.3 Å². The second kappa shape index (κ2) is 5.09. The smallest absolute Gasteiger partial charge is 0.0444 e. The minimum Gasteiger partial charge on any atom is -0.307 e. The molecule has 1 atom stereocenters. The summed E-state index contributed by atoms with van der Waals surface area (Å²) in [7, 11) is 4.30. The maximum absolute atomic E-state index is 3.77. The van der Waals surface area contributed by atoms with Crippen LogP contribution in [0.15, 0.2) is 17.5 Å². The van der Waals surface area contributed by atoms with Crippen LogP contribution < -0.4 is 5.32 Å². The molecule has 1 aliphatic carbocycles. The van der Waals surface area contributed by atoms with Crippen molar-refractivity contribution < 1.29 is 0 Å². The van der Waals surface area contributed by atoms with Crippen LogP contribution in [0.5, 0.6) is 0 Å². The third-order valence-electron chi connectivity index (χ3n) is 3.91. The Morgan fingerprint density at radius 1 is 1.47 bits per heavy atom. The first kappa shape index (κ1) is 13.1. The summed E-state index contributed by atoms with van der Waals surface area (Å²) in [6.45, 7) is 5.62. The predicted octanol–water partition coefficient (Wildman–Crippen LogP) is 3.13. The lowest BCUT2D eigenvalue weighted by Gasteiger charge is -2.34. The molecule has 0 radical (unpaired) electrons. The van der Waals surface area contributed by atoms with E-state index in [0.29, 0.717) is 6.04 Å². The van der Waals surface area contributed by atoms with Crippen molar-refractivity contribution in [2.75, 3.05) is 20.6 Å². The molecule has 0 spiro atoms. The first-order chi connectivity index (χ1) is 8.00. The number of rotatable bonds is 6. The summed E-state index contributed by atoms with van der Waals surface area (Å²) in [6.07, 6.45) is 2.77. The highest BCUT2D eigenvalue weighted by Crippen LogP contribution is 2.42. The quantitative estimate of drug-likeness (QED) is 0.837. The average molecular weight is 252 g/mol. The lowest BCUT2D eigenvalue weighted by atomic mass is 10.0. The van der Waals surface area contributed by atoms with Crippen LogP contribution in [-0.2, 0) is 0 Å². The third kappa shape index (κ3) is 3.30. The molecule has 2 nitrogen and oxygen atoms in total. The summed E-state index contributed by atoms with van der Waals surface area (Å²) >= 11 is 1.88. The van der Waals surface area contributed by atoms with Crippen LogP contribution in [0.25, 0.3) is 0 Å². The Hall–Kier alpha value is -0.380. The molecule has 1 heterocycles. The largest absolute Gasteiger partial charge is 0.307 e. The van der Waals surface area contributed by atoms with Crippen LogP contribution in [0.2, 0.25) is 0 Å². The lowest BCUT2D eigenvalue weighted by Crippen LogP contribution is -2.47. The van der Waals surface area contributed by atoms with E-state index in [2.05, 4.69) is 55.7 Å². The van der Waals surface area contributed by atoms with Crippen molar-refractivity contribution in [3.05, 3.63) is 22.4 Å². The lowest BCUT2D eigenvalue weighted by molar-refractivity contribution is 0.182. The van der Waals surface area contributed by atoms with E-state index in [1.165, 1.54) is 17.7 Å². The van der Waals surface area contributed by atoms with Crippen molar-refractivity contribution in [2.45, 2.75) is 38.3 Å². The summed E-state index contributed by atoms with van der Waals surface area (Å²) in [4.78, 5) is 3.79. The van der Waals surface area contributed by atoms with Gasteiger partial charge in [0.2, 0.25) is 0 Å². The highest BCUT2D eigenvalue weighted by molar-refractivity contribution is 7.10. The van der Waals surface area contributed by atoms with E-state index in [9.17, 15) is 0 Å². The van der Waals surface area contributed by atoms with Gasteiger partial charge in [0.15, 0.2) is 0 Å². The van der Waals surface area contributed by atoms with Crippen molar-refractivity contribution in [2.24, 2.45) is 5.92 Å². The van der Waals surface area contributed by atoms with Crippen molar-refractivity contribution in [1.82, 2.24) is 10.2 Å². The molecule has 96 valence electrons. The van der Waals surface area contributed by atoms with Gasteiger partial charge in [-0.1, -0.05) is 6.07 Å². The number of hydrogen-bond donors (Lipinski definition) is 1. The normalized spacial score (nSPS) is 18.6. The monoisotopic (exact) mass is 252 g/mol. The highest BCUT2D eigenvalue weighted by atomic mass is 32.1. The van der Waals surface area contributed by atoms with Crippen molar-refractivity contribution in [3.8, 4) is 0 Å². The zero-order chi connectivity index (χ0) is 12.5. The molecule has 0 aliphatic heterocycles. The molecule has 1 aromatic heterocycles. The number of likely N-dealkylation sites (N-methyl/N-ethyl adjacent to an activating group) is 1. The molecular formula is C14H24N2S. The number of thiophene rings is 1. The first-order valence-electron chi connectivity index (χ1n) is 6.45. The highest BCUT2D eigenvalue weighted by Gasteiger charge is 2.34. The van der Waals surface area contributed by atoms with E-state index in [1.807, 2.05) is 11.3 Å². The van der Waals surface area contributed by atoms with Gasteiger partial charge in [0, 0.05) is 23.0 Å². The number of nitrogens with one attached hydrogen (secondary N) is 1. The summed E-state index contributed by atoms with van der Waals surface area (Å²) in [5.41, 5.74) is 0.213. The Morgan fingerprint density at radius 3 is 2.65 bits per heavy atom. The third-order valence-corrected chi connectivity index (χ3v) is 4.86. The Kier molecular flexibility index (Phi) is 3.91. The van der Waals surface area contributed by atoms with Crippen LogP contribution in [0.1, 0.15) is 37.6 Å². The maximum atomic E-state index is 3.77. The summed E-state index contributed by atoms with van der Waals surface area (Å²) in [6, 6.07) is 5.01. The fourth-order valence-electron chi connectivity index (χ4n) is 1.92. The van der Waals surface area contributed by atoms with E-state index >= 15 is 0 Å². The van der Waals surface area contributed by atoms with Crippen LogP contribution in [0, 0.1) is 5.92 Å². The van der Waals surface area contributed by atoms with Gasteiger partial charge < -0.3 is 10.2 Å². The molecule has 0 saturated heterocycles. The average Bonchev–Trinajstić information content (AvgIpc) is 2.94. The molecule has 3 heteroatoms. The molecule has 17 heavy (non-hydrogen) atoms. The summed E-state index contributed by atoms with van der Waals surface area (Å²) < 4.78 is 0. The molecule has 1 aliphatic rings. The fraction of sp³-hybridized carbons (Fsp3) is 0.714. The second-order valence-corrected chi connectivity index (χ2v) is 6.90. The van der Waals surface area contributed by atoms with E-state index in [-0.39, 0.29) is 5.54 Å². The van der Waals surface area contributed by atoms with Crippen LogP contribution in [0.3, 0.4) is 0 Å². The van der Waals surface area contributed by atoms with Crippen molar-refractivity contribution in [3.63, 3.8) is 0 Å². The molecule has 0 amide bonds. The van der Waals surface area contributed by atoms with Gasteiger partial charge in [0.05, 0.1) is 0 Å². The van der Waals surface area contributed by atoms with E-state index in [0.717, 1.165) is 12.5 Å². The molecule has 0 aromatic carbocycles. The SMILES string of the molecule is CN(C)C(C)(C)CNC(c1cccs1)C1CC1. The number of hydrogen-bond acceptors (Lipinski definition) is 3. The fourth-order valence-corrected chi connectivity index (χ4v) is 2.81. The summed E-state index contributed by atoms with van der Waals surface area (Å²) in [5.74, 6) is 0.867. The molecule has 1 aromatic rings. The Bertz CT molecular complexity index is 339. The van der Waals surface area contributed by atoms with Crippen molar-refractivity contribution in [1.29, 1.82) is 0 Å². The second-order valence-electron chi connectivity index (χ2n) is 5.92. The van der Waals surface area contributed by atoms with E-state index in [4.69, 9.17) is 0 Å². The van der Waals surface area contributed by atoms with Crippen LogP contribution in [0.4, 0.5) is 0 Å². The van der Waals surface area contributed by atoms with Gasteiger partial charge in [-0.15, -0.1) is 11.3 Å². The molecule has 1 fully saturated rings. The zero-order valence-electron chi connectivity index (χ0n) is 11.4. The zero-order valence-corrected chi connectivity index (χ0v) is 12.2. The van der Waals surface area contributed by atoms with E-state index < -0.39 is 0 Å².